The van der Waals surface area contributed by atoms with Crippen molar-refractivity contribution in [3.05, 3.63) is 71.6 Å². The fraction of sp³-hybridized carbons (Fsp3) is 0.222. The first-order chi connectivity index (χ1) is 17.5. The van der Waals surface area contributed by atoms with E-state index in [0.29, 0.717) is 36.0 Å². The molecule has 2 amide bonds. The van der Waals surface area contributed by atoms with Gasteiger partial charge in [-0.2, -0.15) is 5.10 Å². The number of hydrogen-bond acceptors (Lipinski definition) is 5. The van der Waals surface area contributed by atoms with Crippen molar-refractivity contribution in [2.24, 2.45) is 5.92 Å². The lowest BCUT2D eigenvalue weighted by molar-refractivity contribution is -0.124. The minimum Gasteiger partial charge on any atom is -0.332 e. The van der Waals surface area contributed by atoms with Gasteiger partial charge < -0.3 is 10.2 Å². The maximum absolute atomic E-state index is 12.6. The van der Waals surface area contributed by atoms with E-state index in [2.05, 4.69) is 27.1 Å². The number of hydrogen-bond donors (Lipinski definition) is 1. The Morgan fingerprint density at radius 3 is 2.75 bits per heavy atom. The van der Waals surface area contributed by atoms with Gasteiger partial charge in [-0.15, -0.1) is 0 Å². The van der Waals surface area contributed by atoms with Gasteiger partial charge in [0, 0.05) is 54.7 Å². The first-order valence-electron chi connectivity index (χ1n) is 11.6. The van der Waals surface area contributed by atoms with Crippen LogP contribution in [0.25, 0.3) is 22.2 Å². The summed E-state index contributed by atoms with van der Waals surface area (Å²) in [7, 11) is 0. The molecule has 9 heteroatoms. The van der Waals surface area contributed by atoms with E-state index in [1.54, 1.807) is 54.7 Å². The highest BCUT2D eigenvalue weighted by Crippen LogP contribution is 2.33. The van der Waals surface area contributed by atoms with Crippen molar-refractivity contribution in [1.82, 2.24) is 24.6 Å². The van der Waals surface area contributed by atoms with Crippen LogP contribution in [0.1, 0.15) is 23.7 Å². The Bertz CT molecular complexity index is 1490. The molecule has 0 radical (unpaired) electrons. The van der Waals surface area contributed by atoms with E-state index < -0.39 is 0 Å². The zero-order valence-electron chi connectivity index (χ0n) is 19.6. The van der Waals surface area contributed by atoms with Crippen LogP contribution in [-0.4, -0.2) is 49.6 Å². The quantitative estimate of drug-likeness (QED) is 0.415. The highest BCUT2D eigenvalue weighted by Gasteiger charge is 2.27. The fourth-order valence-electron chi connectivity index (χ4n) is 4.44. The third-order valence-corrected chi connectivity index (χ3v) is 6.45. The van der Waals surface area contributed by atoms with Crippen LogP contribution in [0, 0.1) is 17.8 Å². The second kappa shape index (κ2) is 10.2. The molecular weight excluding hydrogens is 476 g/mol. The number of anilines is 1. The summed E-state index contributed by atoms with van der Waals surface area (Å²) in [5.41, 5.74) is 2.89. The molecule has 0 bridgehead atoms. The number of benzene rings is 1. The number of rotatable bonds is 5. The summed E-state index contributed by atoms with van der Waals surface area (Å²) in [5, 5.41) is 9.01. The number of likely N-dealkylation sites (tertiary alicyclic amines) is 1. The summed E-state index contributed by atoms with van der Waals surface area (Å²) >= 11 is 6.55. The van der Waals surface area contributed by atoms with Crippen LogP contribution >= 0.6 is 11.6 Å². The molecule has 4 heterocycles. The zero-order valence-corrected chi connectivity index (χ0v) is 20.4. The Kier molecular flexibility index (Phi) is 6.65. The van der Waals surface area contributed by atoms with E-state index in [-0.39, 0.29) is 17.7 Å². The zero-order chi connectivity index (χ0) is 25.1. The SMILES string of the molecule is CC#CC(=O)N1CCC(Cn2nc(-c3ccc(C(=O)Nc4ccccn4)cc3)c3cncc(Cl)c32)C1. The third-order valence-electron chi connectivity index (χ3n) is 6.17. The molecule has 1 aliphatic heterocycles. The van der Waals surface area contributed by atoms with E-state index in [0.717, 1.165) is 28.6 Å². The van der Waals surface area contributed by atoms with Gasteiger partial charge in [-0.1, -0.05) is 35.7 Å². The van der Waals surface area contributed by atoms with Gasteiger partial charge in [0.2, 0.25) is 0 Å². The normalized spacial score (nSPS) is 14.9. The number of amides is 2. The topological polar surface area (TPSA) is 93.0 Å². The number of carbonyl (C=O) groups excluding carboxylic acids is 2. The summed E-state index contributed by atoms with van der Waals surface area (Å²) in [6.07, 6.45) is 5.86. The van der Waals surface area contributed by atoms with Crippen LogP contribution in [0.5, 0.6) is 0 Å². The first kappa shape index (κ1) is 23.5. The maximum Gasteiger partial charge on any atom is 0.298 e. The number of nitrogens with one attached hydrogen (secondary N) is 1. The van der Waals surface area contributed by atoms with Crippen LogP contribution in [0.3, 0.4) is 0 Å². The Balaban J connectivity index is 1.39. The summed E-state index contributed by atoms with van der Waals surface area (Å²) in [6, 6.07) is 12.6. The number of pyridine rings is 2. The number of nitrogens with zero attached hydrogens (tertiary/aromatic N) is 5. The highest BCUT2D eigenvalue weighted by molar-refractivity contribution is 6.35. The molecule has 1 aromatic carbocycles. The molecular formula is C27H23ClN6O2. The number of carbonyl (C=O) groups is 2. The monoisotopic (exact) mass is 498 g/mol. The van der Waals surface area contributed by atoms with E-state index in [1.807, 2.05) is 22.9 Å². The van der Waals surface area contributed by atoms with Gasteiger partial charge in [-0.25, -0.2) is 4.98 Å². The predicted molar refractivity (Wildman–Crippen MR) is 138 cm³/mol. The van der Waals surface area contributed by atoms with Crippen LogP contribution in [0.4, 0.5) is 5.82 Å². The average molecular weight is 499 g/mol. The van der Waals surface area contributed by atoms with Crippen molar-refractivity contribution < 1.29 is 9.59 Å². The molecule has 1 N–H and O–H groups in total. The number of fused-ring (bicyclic) bond motifs is 1. The minimum absolute atomic E-state index is 0.139. The fourth-order valence-corrected chi connectivity index (χ4v) is 4.69. The summed E-state index contributed by atoms with van der Waals surface area (Å²) < 4.78 is 1.90. The van der Waals surface area contributed by atoms with E-state index in [4.69, 9.17) is 16.7 Å². The smallest absolute Gasteiger partial charge is 0.298 e. The lowest BCUT2D eigenvalue weighted by atomic mass is 10.1. The standard InChI is InChI=1S/C27H23ClN6O2/c1-2-5-24(35)33-13-11-18(16-33)17-34-26-21(14-29-15-22(26)28)25(32-34)19-7-9-20(10-8-19)27(36)31-23-6-3-4-12-30-23/h3-4,6-10,12,14-15,18H,11,13,16-17H2,1H3,(H,30,31,36). The molecule has 180 valence electrons. The van der Waals surface area contributed by atoms with Gasteiger partial charge in [-0.3, -0.25) is 19.3 Å². The van der Waals surface area contributed by atoms with Gasteiger partial charge >= 0.3 is 0 Å². The Morgan fingerprint density at radius 2 is 2.00 bits per heavy atom. The first-order valence-corrected chi connectivity index (χ1v) is 12.0. The van der Waals surface area contributed by atoms with E-state index in [1.165, 1.54) is 0 Å². The lowest BCUT2D eigenvalue weighted by Crippen LogP contribution is -2.28. The van der Waals surface area contributed by atoms with E-state index >= 15 is 0 Å². The maximum atomic E-state index is 12.6. The molecule has 1 saturated heterocycles. The molecule has 1 aliphatic rings. The van der Waals surface area contributed by atoms with Gasteiger partial charge in [0.05, 0.1) is 10.5 Å². The second-order valence-electron chi connectivity index (χ2n) is 8.58. The molecule has 3 aromatic heterocycles. The minimum atomic E-state index is -0.242. The largest absolute Gasteiger partial charge is 0.332 e. The summed E-state index contributed by atoms with van der Waals surface area (Å²) in [6.45, 7) is 3.60. The molecule has 0 spiro atoms. The predicted octanol–water partition coefficient (Wildman–Crippen LogP) is 4.27. The summed E-state index contributed by atoms with van der Waals surface area (Å²) in [5.74, 6) is 5.64. The number of halogens is 1. The molecule has 5 rings (SSSR count). The average Bonchev–Trinajstić information content (AvgIpc) is 3.51. The molecule has 8 nitrogen and oxygen atoms in total. The van der Waals surface area contributed by atoms with Gasteiger partial charge in [0.25, 0.3) is 11.8 Å². The molecule has 1 unspecified atom stereocenters. The number of aromatic nitrogens is 4. The van der Waals surface area contributed by atoms with Crippen molar-refractivity contribution in [3.63, 3.8) is 0 Å². The van der Waals surface area contributed by atoms with Gasteiger partial charge in [0.15, 0.2) is 0 Å². The summed E-state index contributed by atoms with van der Waals surface area (Å²) in [4.78, 5) is 34.9. The van der Waals surface area contributed by atoms with Crippen molar-refractivity contribution in [3.8, 4) is 23.1 Å². The molecule has 1 atom stereocenters. The lowest BCUT2D eigenvalue weighted by Gasteiger charge is -2.14. The van der Waals surface area contributed by atoms with Crippen molar-refractivity contribution >= 4 is 40.1 Å². The van der Waals surface area contributed by atoms with Crippen LogP contribution in [0.15, 0.2) is 61.1 Å². The van der Waals surface area contributed by atoms with Gasteiger partial charge in [0.1, 0.15) is 11.5 Å². The van der Waals surface area contributed by atoms with Crippen LogP contribution in [0.2, 0.25) is 5.02 Å². The van der Waals surface area contributed by atoms with Crippen molar-refractivity contribution in [2.75, 3.05) is 18.4 Å². The molecule has 0 aliphatic carbocycles. The molecule has 0 saturated carbocycles. The molecule has 1 fully saturated rings. The second-order valence-corrected chi connectivity index (χ2v) is 8.98. The molecule has 36 heavy (non-hydrogen) atoms. The van der Waals surface area contributed by atoms with Crippen LogP contribution < -0.4 is 5.32 Å². The highest BCUT2D eigenvalue weighted by atomic mass is 35.5. The van der Waals surface area contributed by atoms with Crippen molar-refractivity contribution in [2.45, 2.75) is 19.9 Å². The third kappa shape index (κ3) is 4.79. The van der Waals surface area contributed by atoms with Crippen molar-refractivity contribution in [1.29, 1.82) is 0 Å². The Hall–Kier alpha value is -4.22. The van der Waals surface area contributed by atoms with E-state index in [9.17, 15) is 9.59 Å². The Labute approximate surface area is 213 Å². The van der Waals surface area contributed by atoms with Crippen LogP contribution in [-0.2, 0) is 11.3 Å². The Morgan fingerprint density at radius 1 is 1.17 bits per heavy atom. The molecule has 4 aromatic rings. The van der Waals surface area contributed by atoms with Gasteiger partial charge in [-0.05, 0) is 49.4 Å².